The largest absolute Gasteiger partial charge is 0.379 e. The van der Waals surface area contributed by atoms with E-state index in [4.69, 9.17) is 5.73 Å². The number of aromatic nitrogens is 1. The molecule has 1 amide bonds. The number of amidine groups is 1. The molecule has 1 aromatic carbocycles. The topological polar surface area (TPSA) is 80.4 Å². The Bertz CT molecular complexity index is 1030. The third-order valence-electron chi connectivity index (χ3n) is 5.80. The van der Waals surface area contributed by atoms with Gasteiger partial charge in [0.1, 0.15) is 17.3 Å². The maximum atomic E-state index is 14.9. The Balaban J connectivity index is 1.69. The van der Waals surface area contributed by atoms with Crippen LogP contribution in [0.1, 0.15) is 29.4 Å². The van der Waals surface area contributed by atoms with E-state index in [2.05, 4.69) is 15.3 Å². The number of fused-ring (bicyclic) bond motifs is 1. The number of hydrogen-bond donors (Lipinski definition) is 2. The predicted octanol–water partition coefficient (Wildman–Crippen LogP) is 3.96. The number of hydrogen-bond acceptors (Lipinski definition) is 5. The van der Waals surface area contributed by atoms with Crippen molar-refractivity contribution in [1.82, 2.24) is 4.98 Å². The molecule has 0 bridgehead atoms. The minimum atomic E-state index is -2.99. The summed E-state index contributed by atoms with van der Waals surface area (Å²) in [5.41, 5.74) is 4.89. The van der Waals surface area contributed by atoms with Crippen LogP contribution in [0.3, 0.4) is 0 Å². The van der Waals surface area contributed by atoms with Crippen molar-refractivity contribution in [3.63, 3.8) is 0 Å². The molecule has 1 aromatic heterocycles. The van der Waals surface area contributed by atoms with E-state index in [0.717, 1.165) is 30.1 Å². The van der Waals surface area contributed by atoms with Gasteiger partial charge in [0, 0.05) is 22.8 Å². The molecule has 1 fully saturated rings. The predicted molar refractivity (Wildman–Crippen MR) is 107 cm³/mol. The zero-order valence-electron chi connectivity index (χ0n) is 15.8. The summed E-state index contributed by atoms with van der Waals surface area (Å²) in [5, 5.41) is 2.30. The Kier molecular flexibility index (Phi) is 5.00. The van der Waals surface area contributed by atoms with Crippen molar-refractivity contribution >= 4 is 28.5 Å². The summed E-state index contributed by atoms with van der Waals surface area (Å²) in [6, 6.07) is 6.14. The zero-order valence-corrected chi connectivity index (χ0v) is 16.6. The summed E-state index contributed by atoms with van der Waals surface area (Å²) >= 11 is 1.14. The number of pyridine rings is 1. The minimum absolute atomic E-state index is 0.0342. The number of anilines is 1. The second kappa shape index (κ2) is 7.26. The van der Waals surface area contributed by atoms with Crippen LogP contribution in [-0.4, -0.2) is 33.8 Å². The number of nitrogens with zero attached hydrogens (tertiary/aromatic N) is 2. The van der Waals surface area contributed by atoms with E-state index in [1.54, 1.807) is 6.92 Å². The van der Waals surface area contributed by atoms with Crippen LogP contribution in [0.25, 0.3) is 0 Å². The van der Waals surface area contributed by atoms with Gasteiger partial charge in [-0.2, -0.15) is 0 Å². The molecule has 1 saturated carbocycles. The number of amides is 1. The van der Waals surface area contributed by atoms with E-state index >= 15 is 0 Å². The molecule has 0 radical (unpaired) electrons. The summed E-state index contributed by atoms with van der Waals surface area (Å²) < 4.78 is 56.7. The number of aliphatic imine (C=N–C) groups is 1. The molecule has 158 valence electrons. The molecule has 5 nitrogen and oxygen atoms in total. The van der Waals surface area contributed by atoms with E-state index in [9.17, 15) is 22.4 Å². The molecule has 4 rings (SSSR count). The molecule has 1 aliphatic carbocycles. The number of halogens is 4. The van der Waals surface area contributed by atoms with Gasteiger partial charge < -0.3 is 11.1 Å². The second-order valence-corrected chi connectivity index (χ2v) is 8.84. The van der Waals surface area contributed by atoms with Crippen LogP contribution in [0, 0.1) is 17.6 Å². The first-order chi connectivity index (χ1) is 14.1. The molecule has 2 aliphatic rings. The van der Waals surface area contributed by atoms with Gasteiger partial charge in [-0.1, -0.05) is 18.7 Å². The van der Waals surface area contributed by atoms with E-state index in [-0.39, 0.29) is 28.7 Å². The lowest BCUT2D eigenvalue weighted by atomic mass is 9.52. The monoisotopic (exact) mass is 438 g/mol. The number of carbonyl (C=O) groups is 1. The number of benzene rings is 1. The average Bonchev–Trinajstić information content (AvgIpc) is 2.78. The summed E-state index contributed by atoms with van der Waals surface area (Å²) in [6.45, 7) is 1.53. The summed E-state index contributed by atoms with van der Waals surface area (Å²) in [7, 11) is 0. The van der Waals surface area contributed by atoms with E-state index in [0.29, 0.717) is 0 Å². The van der Waals surface area contributed by atoms with E-state index in [1.807, 2.05) is 0 Å². The van der Waals surface area contributed by atoms with Crippen molar-refractivity contribution in [3.8, 4) is 0 Å². The Morgan fingerprint density at radius 2 is 2.03 bits per heavy atom. The minimum Gasteiger partial charge on any atom is -0.379 e. The first-order valence-electron chi connectivity index (χ1n) is 9.21. The number of nitrogens with one attached hydrogen (secondary N) is 1. The van der Waals surface area contributed by atoms with Crippen LogP contribution in [0.5, 0.6) is 0 Å². The Morgan fingerprint density at radius 1 is 1.27 bits per heavy atom. The lowest BCUT2D eigenvalue weighted by molar-refractivity contribution is -0.185. The van der Waals surface area contributed by atoms with Crippen molar-refractivity contribution in [2.24, 2.45) is 16.6 Å². The number of carbonyl (C=O) groups excluding carboxylic acids is 1. The summed E-state index contributed by atoms with van der Waals surface area (Å²) in [6.07, 6.45) is 0.370. The third kappa shape index (κ3) is 3.32. The van der Waals surface area contributed by atoms with Gasteiger partial charge in [0.05, 0.1) is 18.7 Å². The Hall–Kier alpha value is -2.62. The standard InChI is InChI=1S/C20H18F4N4OS/c1-10-19(9-20(23,24)16(19)8-27-18(25)30-10)13-6-12(3-4-14(13)22)28-17(29)15-5-2-11(21)7-26-15/h2-7,10,16H,8-9H2,1H3,(H2,25,27)(H,28,29). The number of rotatable bonds is 3. The lowest BCUT2D eigenvalue weighted by Crippen LogP contribution is -2.64. The quantitative estimate of drug-likeness (QED) is 0.711. The first-order valence-corrected chi connectivity index (χ1v) is 10.1. The fourth-order valence-electron chi connectivity index (χ4n) is 4.28. The van der Waals surface area contributed by atoms with Gasteiger partial charge in [0.15, 0.2) is 5.17 Å². The molecule has 10 heteroatoms. The fraction of sp³-hybridized carbons (Fsp3) is 0.350. The van der Waals surface area contributed by atoms with Gasteiger partial charge in [0.25, 0.3) is 11.8 Å². The van der Waals surface area contributed by atoms with Gasteiger partial charge in [-0.3, -0.25) is 9.79 Å². The van der Waals surface area contributed by atoms with E-state index < -0.39 is 46.5 Å². The fourth-order valence-corrected chi connectivity index (χ4v) is 5.37. The van der Waals surface area contributed by atoms with E-state index in [1.165, 1.54) is 18.2 Å². The molecular formula is C20H18F4N4OS. The smallest absolute Gasteiger partial charge is 0.274 e. The van der Waals surface area contributed by atoms with Gasteiger partial charge >= 0.3 is 0 Å². The van der Waals surface area contributed by atoms with Crippen LogP contribution < -0.4 is 11.1 Å². The van der Waals surface area contributed by atoms with Crippen LogP contribution in [0.2, 0.25) is 0 Å². The summed E-state index contributed by atoms with van der Waals surface area (Å²) in [4.78, 5) is 20.1. The average molecular weight is 438 g/mol. The Labute approximate surface area is 174 Å². The Morgan fingerprint density at radius 3 is 2.70 bits per heavy atom. The molecule has 30 heavy (non-hydrogen) atoms. The number of alkyl halides is 2. The highest BCUT2D eigenvalue weighted by atomic mass is 32.2. The number of nitrogens with two attached hydrogens (primary N) is 1. The molecular weight excluding hydrogens is 420 g/mol. The van der Waals surface area contributed by atoms with Gasteiger partial charge in [0.2, 0.25) is 0 Å². The first kappa shape index (κ1) is 20.6. The van der Waals surface area contributed by atoms with Crippen LogP contribution in [0.4, 0.5) is 23.2 Å². The molecule has 1 aliphatic heterocycles. The third-order valence-corrected chi connectivity index (χ3v) is 6.94. The van der Waals surface area contributed by atoms with Crippen molar-refractivity contribution in [1.29, 1.82) is 0 Å². The molecule has 0 saturated heterocycles. The maximum Gasteiger partial charge on any atom is 0.274 e. The molecule has 3 unspecified atom stereocenters. The molecule has 2 heterocycles. The van der Waals surface area contributed by atoms with Crippen molar-refractivity contribution in [2.75, 3.05) is 11.9 Å². The van der Waals surface area contributed by atoms with Crippen molar-refractivity contribution in [2.45, 2.75) is 29.9 Å². The van der Waals surface area contributed by atoms with Crippen LogP contribution in [-0.2, 0) is 5.41 Å². The molecule has 3 atom stereocenters. The lowest BCUT2D eigenvalue weighted by Gasteiger charge is -2.56. The SMILES string of the molecule is CC1SC(N)=NCC2C(F)(F)CC12c1cc(NC(=O)c2ccc(F)cn2)ccc1F. The normalized spacial score (nSPS) is 27.3. The highest BCUT2D eigenvalue weighted by molar-refractivity contribution is 8.14. The van der Waals surface area contributed by atoms with Crippen LogP contribution >= 0.6 is 11.8 Å². The number of thioether (sulfide) groups is 1. The molecule has 0 spiro atoms. The summed E-state index contributed by atoms with van der Waals surface area (Å²) in [5.74, 6) is -6.05. The second-order valence-electron chi connectivity index (χ2n) is 7.48. The van der Waals surface area contributed by atoms with Crippen LogP contribution in [0.15, 0.2) is 41.5 Å². The van der Waals surface area contributed by atoms with Crippen molar-refractivity contribution < 1.29 is 22.4 Å². The zero-order chi connectivity index (χ0) is 21.7. The molecule has 3 N–H and O–H groups in total. The maximum absolute atomic E-state index is 14.9. The van der Waals surface area contributed by atoms with Gasteiger partial charge in [-0.15, -0.1) is 0 Å². The van der Waals surface area contributed by atoms with Crippen molar-refractivity contribution in [3.05, 3.63) is 59.4 Å². The molecule has 2 aromatic rings. The van der Waals surface area contributed by atoms with Gasteiger partial charge in [-0.05, 0) is 35.9 Å². The van der Waals surface area contributed by atoms with Gasteiger partial charge in [-0.25, -0.2) is 22.5 Å². The highest BCUT2D eigenvalue weighted by Crippen LogP contribution is 2.63. The highest BCUT2D eigenvalue weighted by Gasteiger charge is 2.69.